The molecule has 3 heteroatoms. The van der Waals surface area contributed by atoms with Gasteiger partial charge < -0.3 is 10.2 Å². The van der Waals surface area contributed by atoms with Crippen LogP contribution in [0.2, 0.25) is 0 Å². The van der Waals surface area contributed by atoms with E-state index in [9.17, 15) is 4.79 Å². The number of hydrogen-bond donors (Lipinski definition) is 1. The van der Waals surface area contributed by atoms with Crippen molar-refractivity contribution in [3.63, 3.8) is 0 Å². The first kappa shape index (κ1) is 17.1. The standard InChI is InChI=1S/C25H24N2O/c28-25-22-16-21(18-10-4-1-5-11-18)24(27(25)20-14-8-3-9-15-20)17-23(22)26-19-12-6-2-7-13-19/h1-15,21-24,26H,16-17H2/t21?,22-,23?,24-/m0/s1. The molecule has 2 heterocycles. The topological polar surface area (TPSA) is 32.3 Å². The third-order valence-electron chi connectivity index (χ3n) is 6.23. The minimum Gasteiger partial charge on any atom is -0.381 e. The van der Waals surface area contributed by atoms with E-state index in [0.29, 0.717) is 5.92 Å². The number of anilines is 2. The largest absolute Gasteiger partial charge is 0.381 e. The first-order valence-electron chi connectivity index (χ1n) is 10.1. The fourth-order valence-corrected chi connectivity index (χ4v) is 4.96. The van der Waals surface area contributed by atoms with Gasteiger partial charge in [-0.25, -0.2) is 0 Å². The van der Waals surface area contributed by atoms with Gasteiger partial charge in [-0.05, 0) is 42.7 Å². The van der Waals surface area contributed by atoms with Crippen molar-refractivity contribution in [1.82, 2.24) is 0 Å². The number of nitrogens with one attached hydrogen (secondary N) is 1. The lowest BCUT2D eigenvalue weighted by molar-refractivity contribution is -0.128. The quantitative estimate of drug-likeness (QED) is 0.697. The number of hydrogen-bond acceptors (Lipinski definition) is 2. The van der Waals surface area contributed by atoms with E-state index in [2.05, 4.69) is 64.8 Å². The van der Waals surface area contributed by atoms with Crippen molar-refractivity contribution in [2.24, 2.45) is 5.92 Å². The Balaban J connectivity index is 1.50. The number of rotatable bonds is 4. The molecule has 1 amide bonds. The zero-order valence-electron chi connectivity index (χ0n) is 15.7. The molecule has 3 aromatic rings. The minimum absolute atomic E-state index is 0.0179. The molecule has 0 spiro atoms. The summed E-state index contributed by atoms with van der Waals surface area (Å²) in [7, 11) is 0. The van der Waals surface area contributed by atoms with E-state index < -0.39 is 0 Å². The van der Waals surface area contributed by atoms with Crippen LogP contribution in [-0.2, 0) is 4.79 Å². The van der Waals surface area contributed by atoms with Gasteiger partial charge in [0.25, 0.3) is 0 Å². The molecule has 3 aliphatic rings. The Hall–Kier alpha value is -3.07. The van der Waals surface area contributed by atoms with Gasteiger partial charge in [-0.3, -0.25) is 4.79 Å². The molecule has 3 nitrogen and oxygen atoms in total. The van der Waals surface area contributed by atoms with Crippen LogP contribution in [0.3, 0.4) is 0 Å². The molecule has 2 bridgehead atoms. The van der Waals surface area contributed by atoms with Crippen LogP contribution in [0.4, 0.5) is 11.4 Å². The Labute approximate surface area is 166 Å². The molecule has 6 rings (SSSR count). The van der Waals surface area contributed by atoms with Crippen molar-refractivity contribution >= 4 is 17.3 Å². The first-order chi connectivity index (χ1) is 13.8. The summed E-state index contributed by atoms with van der Waals surface area (Å²) in [6, 6.07) is 31.4. The zero-order valence-corrected chi connectivity index (χ0v) is 15.7. The summed E-state index contributed by atoms with van der Waals surface area (Å²) in [6.07, 6.45) is 1.86. The van der Waals surface area contributed by atoms with Crippen LogP contribution in [-0.4, -0.2) is 18.0 Å². The average molecular weight is 368 g/mol. The molecular formula is C25H24N2O. The summed E-state index contributed by atoms with van der Waals surface area (Å²) in [5.41, 5.74) is 3.45. The molecule has 1 aliphatic carbocycles. The summed E-state index contributed by atoms with van der Waals surface area (Å²) < 4.78 is 0. The van der Waals surface area contributed by atoms with Gasteiger partial charge >= 0.3 is 0 Å². The van der Waals surface area contributed by atoms with Crippen LogP contribution in [0.1, 0.15) is 24.3 Å². The minimum atomic E-state index is -0.0179. The number of carbonyl (C=O) groups is 1. The van der Waals surface area contributed by atoms with E-state index in [1.165, 1.54) is 5.56 Å². The third-order valence-corrected chi connectivity index (χ3v) is 6.23. The maximum Gasteiger partial charge on any atom is 0.232 e. The van der Waals surface area contributed by atoms with E-state index in [4.69, 9.17) is 0 Å². The molecule has 28 heavy (non-hydrogen) atoms. The Bertz CT molecular complexity index is 942. The molecule has 4 atom stereocenters. The van der Waals surface area contributed by atoms with Crippen molar-refractivity contribution in [1.29, 1.82) is 0 Å². The van der Waals surface area contributed by atoms with E-state index in [1.807, 2.05) is 36.4 Å². The molecule has 1 saturated carbocycles. The van der Waals surface area contributed by atoms with Crippen molar-refractivity contribution in [2.75, 3.05) is 10.2 Å². The summed E-state index contributed by atoms with van der Waals surface area (Å²) in [5.74, 6) is 0.608. The molecule has 3 aromatic carbocycles. The van der Waals surface area contributed by atoms with E-state index in [0.717, 1.165) is 24.2 Å². The van der Waals surface area contributed by atoms with Gasteiger partial charge in [-0.1, -0.05) is 66.7 Å². The van der Waals surface area contributed by atoms with Gasteiger partial charge in [0.05, 0.1) is 5.92 Å². The lowest BCUT2D eigenvalue weighted by Crippen LogP contribution is -2.62. The fourth-order valence-electron chi connectivity index (χ4n) is 4.96. The number of piperidine rings is 2. The normalized spacial score (nSPS) is 26.3. The predicted molar refractivity (Wildman–Crippen MR) is 113 cm³/mol. The fraction of sp³-hybridized carbons (Fsp3) is 0.240. The van der Waals surface area contributed by atoms with Gasteiger partial charge in [0.2, 0.25) is 5.91 Å². The van der Waals surface area contributed by atoms with Gasteiger partial charge in [-0.15, -0.1) is 0 Å². The Morgan fingerprint density at radius 3 is 2.00 bits per heavy atom. The molecule has 0 aromatic heterocycles. The smallest absolute Gasteiger partial charge is 0.232 e. The van der Waals surface area contributed by atoms with E-state index >= 15 is 0 Å². The highest BCUT2D eigenvalue weighted by atomic mass is 16.2. The lowest BCUT2D eigenvalue weighted by Gasteiger charge is -2.53. The summed E-state index contributed by atoms with van der Waals surface area (Å²) in [4.78, 5) is 15.5. The maximum atomic E-state index is 13.5. The highest BCUT2D eigenvalue weighted by Crippen LogP contribution is 2.47. The van der Waals surface area contributed by atoms with Crippen molar-refractivity contribution in [2.45, 2.75) is 30.8 Å². The summed E-state index contributed by atoms with van der Waals surface area (Å²) >= 11 is 0. The highest BCUT2D eigenvalue weighted by Gasteiger charge is 2.51. The number of amides is 1. The van der Waals surface area contributed by atoms with Crippen LogP contribution in [0.5, 0.6) is 0 Å². The molecule has 2 unspecified atom stereocenters. The Kier molecular flexibility index (Phi) is 4.36. The number of fused-ring (bicyclic) bond motifs is 3. The van der Waals surface area contributed by atoms with Crippen LogP contribution >= 0.6 is 0 Å². The zero-order chi connectivity index (χ0) is 18.9. The molecule has 1 N–H and O–H groups in total. The average Bonchev–Trinajstić information content (AvgIpc) is 2.76. The van der Waals surface area contributed by atoms with Crippen LogP contribution in [0.15, 0.2) is 91.0 Å². The number of benzene rings is 3. The van der Waals surface area contributed by atoms with E-state index in [-0.39, 0.29) is 23.9 Å². The second kappa shape index (κ2) is 7.16. The van der Waals surface area contributed by atoms with Gasteiger partial charge in [0.1, 0.15) is 0 Å². The number of para-hydroxylation sites is 2. The van der Waals surface area contributed by atoms with E-state index in [1.54, 1.807) is 0 Å². The molecule has 0 radical (unpaired) electrons. The van der Waals surface area contributed by atoms with Crippen molar-refractivity contribution in [3.8, 4) is 0 Å². The van der Waals surface area contributed by atoms with Gasteiger partial charge in [0, 0.05) is 29.4 Å². The van der Waals surface area contributed by atoms with Gasteiger partial charge in [-0.2, -0.15) is 0 Å². The van der Waals surface area contributed by atoms with Gasteiger partial charge in [0.15, 0.2) is 0 Å². The molecule has 2 saturated heterocycles. The Morgan fingerprint density at radius 1 is 0.714 bits per heavy atom. The lowest BCUT2D eigenvalue weighted by atomic mass is 9.67. The predicted octanol–water partition coefficient (Wildman–Crippen LogP) is 5.08. The Morgan fingerprint density at radius 2 is 1.32 bits per heavy atom. The molecule has 2 aliphatic heterocycles. The maximum absolute atomic E-state index is 13.5. The summed E-state index contributed by atoms with van der Waals surface area (Å²) in [6.45, 7) is 0. The first-order valence-corrected chi connectivity index (χ1v) is 10.1. The summed E-state index contributed by atoms with van der Waals surface area (Å²) in [5, 5.41) is 3.64. The van der Waals surface area contributed by atoms with Crippen molar-refractivity contribution < 1.29 is 4.79 Å². The highest BCUT2D eigenvalue weighted by molar-refractivity contribution is 5.98. The SMILES string of the molecule is O=C1[C@H]2CC(c3ccccc3)[C@H](CC2Nc2ccccc2)N1c1ccccc1. The van der Waals surface area contributed by atoms with Crippen LogP contribution < -0.4 is 10.2 Å². The molecular weight excluding hydrogens is 344 g/mol. The second-order valence-electron chi connectivity index (χ2n) is 7.82. The number of carbonyl (C=O) groups excluding carboxylic acids is 1. The second-order valence-corrected chi connectivity index (χ2v) is 7.82. The third kappa shape index (κ3) is 2.97. The van der Waals surface area contributed by atoms with Crippen LogP contribution in [0.25, 0.3) is 0 Å². The monoisotopic (exact) mass is 368 g/mol. The van der Waals surface area contributed by atoms with Crippen LogP contribution in [0, 0.1) is 5.92 Å². The molecule has 140 valence electrons. The number of nitrogens with zero attached hydrogens (tertiary/aromatic N) is 1. The molecule has 3 fully saturated rings. The van der Waals surface area contributed by atoms with Crippen molar-refractivity contribution in [3.05, 3.63) is 96.6 Å².